The number of sulfonamides is 1. The topological polar surface area (TPSA) is 72.9 Å². The van der Waals surface area contributed by atoms with Crippen molar-refractivity contribution in [1.29, 1.82) is 0 Å². The van der Waals surface area contributed by atoms with Crippen LogP contribution >= 0.6 is 0 Å². The Balaban J connectivity index is 2.13. The lowest BCUT2D eigenvalue weighted by Gasteiger charge is -2.16. The van der Waals surface area contributed by atoms with E-state index in [1.807, 2.05) is 0 Å². The van der Waals surface area contributed by atoms with E-state index in [2.05, 4.69) is 0 Å². The highest BCUT2D eigenvalue weighted by Gasteiger charge is 2.23. The van der Waals surface area contributed by atoms with E-state index >= 15 is 0 Å². The van der Waals surface area contributed by atoms with Crippen LogP contribution in [-0.2, 0) is 10.0 Å². The minimum absolute atomic E-state index is 0.105. The summed E-state index contributed by atoms with van der Waals surface area (Å²) in [6, 6.07) is 12.5. The second-order valence-corrected chi connectivity index (χ2v) is 7.13. The molecule has 2 aromatic rings. The van der Waals surface area contributed by atoms with Gasteiger partial charge in [-0.3, -0.25) is 4.79 Å². The van der Waals surface area contributed by atoms with Crippen LogP contribution in [0.1, 0.15) is 10.4 Å². The lowest BCUT2D eigenvalue weighted by molar-refractivity contribution is 0.0973. The molecule has 0 bridgehead atoms. The molecule has 0 aliphatic rings. The number of benzene rings is 2. The Morgan fingerprint density at radius 2 is 1.38 bits per heavy atom. The highest BCUT2D eigenvalue weighted by atomic mass is 32.2. The number of ether oxygens (including phenoxy) is 2. The van der Waals surface area contributed by atoms with Crippen molar-refractivity contribution >= 4 is 15.8 Å². The molecule has 24 heavy (non-hydrogen) atoms. The molecule has 128 valence electrons. The Kier molecular flexibility index (Phi) is 5.58. The van der Waals surface area contributed by atoms with E-state index in [0.717, 1.165) is 4.31 Å². The van der Waals surface area contributed by atoms with E-state index in [9.17, 15) is 13.2 Å². The molecule has 0 saturated heterocycles. The molecule has 0 spiro atoms. The quantitative estimate of drug-likeness (QED) is 0.717. The van der Waals surface area contributed by atoms with Gasteiger partial charge in [0.1, 0.15) is 11.5 Å². The van der Waals surface area contributed by atoms with Crippen LogP contribution in [0.2, 0.25) is 0 Å². The summed E-state index contributed by atoms with van der Waals surface area (Å²) in [4.78, 5) is 12.4. The van der Waals surface area contributed by atoms with E-state index in [-0.39, 0.29) is 17.2 Å². The zero-order chi connectivity index (χ0) is 17.7. The Bertz CT molecular complexity index is 798. The van der Waals surface area contributed by atoms with E-state index in [0.29, 0.717) is 17.1 Å². The molecule has 2 aromatic carbocycles. The zero-order valence-electron chi connectivity index (χ0n) is 13.7. The van der Waals surface area contributed by atoms with Crippen molar-refractivity contribution in [3.63, 3.8) is 0 Å². The number of carbonyl (C=O) groups excluding carboxylic acids is 1. The van der Waals surface area contributed by atoms with Gasteiger partial charge in [-0.15, -0.1) is 0 Å². The molecule has 0 heterocycles. The van der Waals surface area contributed by atoms with Gasteiger partial charge in [0.15, 0.2) is 5.78 Å². The Hall–Kier alpha value is -2.38. The first-order valence-electron chi connectivity index (χ1n) is 7.16. The number of hydrogen-bond donors (Lipinski definition) is 0. The largest absolute Gasteiger partial charge is 0.497 e. The van der Waals surface area contributed by atoms with Crippen LogP contribution in [0.25, 0.3) is 0 Å². The van der Waals surface area contributed by atoms with E-state index in [1.165, 1.54) is 33.4 Å². The van der Waals surface area contributed by atoms with Crippen molar-refractivity contribution in [1.82, 2.24) is 4.31 Å². The molecule has 6 nitrogen and oxygen atoms in total. The summed E-state index contributed by atoms with van der Waals surface area (Å²) < 4.78 is 36.1. The minimum atomic E-state index is -3.75. The van der Waals surface area contributed by atoms with Gasteiger partial charge >= 0.3 is 0 Å². The molecule has 0 aliphatic heterocycles. The highest BCUT2D eigenvalue weighted by Crippen LogP contribution is 2.19. The van der Waals surface area contributed by atoms with Gasteiger partial charge in [0.25, 0.3) is 0 Å². The van der Waals surface area contributed by atoms with Crippen LogP contribution < -0.4 is 9.47 Å². The van der Waals surface area contributed by atoms with E-state index < -0.39 is 10.0 Å². The highest BCUT2D eigenvalue weighted by molar-refractivity contribution is 7.89. The first-order chi connectivity index (χ1) is 11.4. The van der Waals surface area contributed by atoms with Gasteiger partial charge in [0.05, 0.1) is 25.7 Å². The third kappa shape index (κ3) is 3.93. The first kappa shape index (κ1) is 18.0. The summed E-state index contributed by atoms with van der Waals surface area (Å²) >= 11 is 0. The second kappa shape index (κ2) is 7.46. The van der Waals surface area contributed by atoms with Crippen LogP contribution in [-0.4, -0.2) is 46.3 Å². The molecular weight excluding hydrogens is 330 g/mol. The first-order valence-corrected chi connectivity index (χ1v) is 8.60. The summed E-state index contributed by atoms with van der Waals surface area (Å²) in [6.45, 7) is -0.249. The van der Waals surface area contributed by atoms with Gasteiger partial charge in [0.2, 0.25) is 10.0 Å². The van der Waals surface area contributed by atoms with Crippen LogP contribution in [0.15, 0.2) is 53.4 Å². The van der Waals surface area contributed by atoms with Crippen LogP contribution in [0.5, 0.6) is 11.5 Å². The van der Waals surface area contributed by atoms with Crippen LogP contribution in [0.3, 0.4) is 0 Å². The predicted octanol–water partition coefficient (Wildman–Crippen LogP) is 2.21. The molecule has 0 aliphatic carbocycles. The van der Waals surface area contributed by atoms with Crippen molar-refractivity contribution in [3.8, 4) is 11.5 Å². The summed E-state index contributed by atoms with van der Waals surface area (Å²) in [7, 11) is 0.665. The number of nitrogens with zero attached hydrogens (tertiary/aromatic N) is 1. The summed E-state index contributed by atoms with van der Waals surface area (Å²) in [5.41, 5.74) is 0.424. The number of Topliss-reactive ketones (excluding diaryl/α,β-unsaturated/α-hetero) is 1. The van der Waals surface area contributed by atoms with Crippen molar-refractivity contribution in [2.24, 2.45) is 0 Å². The third-order valence-corrected chi connectivity index (χ3v) is 5.36. The standard InChI is InChI=1S/C17H19NO5S/c1-18(12-17(19)13-4-6-14(22-2)7-5-13)24(20,21)16-10-8-15(23-3)9-11-16/h4-11H,12H2,1-3H3. The monoisotopic (exact) mass is 349 g/mol. The SMILES string of the molecule is COc1ccc(C(=O)CN(C)S(=O)(=O)c2ccc(OC)cc2)cc1. The fraction of sp³-hybridized carbons (Fsp3) is 0.235. The van der Waals surface area contributed by atoms with Crippen LogP contribution in [0, 0.1) is 0 Å². The molecule has 0 aromatic heterocycles. The smallest absolute Gasteiger partial charge is 0.243 e. The molecule has 0 saturated carbocycles. The van der Waals surface area contributed by atoms with Gasteiger partial charge in [-0.05, 0) is 48.5 Å². The zero-order valence-corrected chi connectivity index (χ0v) is 14.5. The molecule has 0 fully saturated rings. The Labute approximate surface area is 141 Å². The van der Waals surface area contributed by atoms with Gasteiger partial charge in [0, 0.05) is 12.6 Å². The molecule has 7 heteroatoms. The van der Waals surface area contributed by atoms with Gasteiger partial charge in [-0.2, -0.15) is 4.31 Å². The molecule has 0 amide bonds. The summed E-state index contributed by atoms with van der Waals surface area (Å²) in [5, 5.41) is 0. The Morgan fingerprint density at radius 3 is 1.83 bits per heavy atom. The lowest BCUT2D eigenvalue weighted by atomic mass is 10.1. The molecule has 0 radical (unpaired) electrons. The summed E-state index contributed by atoms with van der Waals surface area (Å²) in [6.07, 6.45) is 0. The molecule has 0 N–H and O–H groups in total. The average Bonchev–Trinajstić information content (AvgIpc) is 2.61. The maximum atomic E-state index is 12.5. The molecular formula is C17H19NO5S. The third-order valence-electron chi connectivity index (χ3n) is 3.55. The molecule has 2 rings (SSSR count). The fourth-order valence-corrected chi connectivity index (χ4v) is 3.21. The predicted molar refractivity (Wildman–Crippen MR) is 90.1 cm³/mol. The lowest BCUT2D eigenvalue weighted by Crippen LogP contribution is -2.32. The minimum Gasteiger partial charge on any atom is -0.497 e. The van der Waals surface area contributed by atoms with Crippen LogP contribution in [0.4, 0.5) is 0 Å². The average molecular weight is 349 g/mol. The number of hydrogen-bond acceptors (Lipinski definition) is 5. The normalized spacial score (nSPS) is 11.3. The van der Waals surface area contributed by atoms with Gasteiger partial charge in [-0.25, -0.2) is 8.42 Å². The van der Waals surface area contributed by atoms with Gasteiger partial charge < -0.3 is 9.47 Å². The van der Waals surface area contributed by atoms with E-state index in [1.54, 1.807) is 36.4 Å². The number of carbonyl (C=O) groups is 1. The number of ketones is 1. The number of rotatable bonds is 7. The maximum Gasteiger partial charge on any atom is 0.243 e. The molecule has 0 unspecified atom stereocenters. The van der Waals surface area contributed by atoms with Crippen molar-refractivity contribution in [2.75, 3.05) is 27.8 Å². The van der Waals surface area contributed by atoms with E-state index in [4.69, 9.17) is 9.47 Å². The van der Waals surface area contributed by atoms with Crippen molar-refractivity contribution < 1.29 is 22.7 Å². The summed E-state index contributed by atoms with van der Waals surface area (Å²) in [5.74, 6) is 0.897. The van der Waals surface area contributed by atoms with Gasteiger partial charge in [-0.1, -0.05) is 0 Å². The fourth-order valence-electron chi connectivity index (χ4n) is 2.08. The molecule has 0 atom stereocenters. The second-order valence-electron chi connectivity index (χ2n) is 5.09. The van der Waals surface area contributed by atoms with Crippen molar-refractivity contribution in [2.45, 2.75) is 4.90 Å². The number of likely N-dealkylation sites (N-methyl/N-ethyl adjacent to an activating group) is 1. The van der Waals surface area contributed by atoms with Crippen molar-refractivity contribution in [3.05, 3.63) is 54.1 Å². The number of methoxy groups -OCH3 is 2. The Morgan fingerprint density at radius 1 is 0.917 bits per heavy atom. The maximum absolute atomic E-state index is 12.5.